The van der Waals surface area contributed by atoms with Crippen LogP contribution in [0.3, 0.4) is 0 Å². The number of ketones is 1. The first-order chi connectivity index (χ1) is 7.04. The molecule has 1 rings (SSSR count). The lowest BCUT2D eigenvalue weighted by Crippen LogP contribution is -2.30. The van der Waals surface area contributed by atoms with E-state index in [9.17, 15) is 9.59 Å². The molecule has 0 spiro atoms. The van der Waals surface area contributed by atoms with Crippen LogP contribution in [0.1, 0.15) is 25.3 Å². The van der Waals surface area contributed by atoms with Crippen LogP contribution in [0.4, 0.5) is 0 Å². The van der Waals surface area contributed by atoms with Crippen LogP contribution < -0.4 is 5.73 Å². The van der Waals surface area contributed by atoms with Gasteiger partial charge in [-0.25, -0.2) is 0 Å². The molecule has 3 heteroatoms. The van der Waals surface area contributed by atoms with Crippen LogP contribution >= 0.6 is 0 Å². The third kappa shape index (κ3) is 2.65. The number of nitrogens with two attached hydrogens (primary N) is 1. The van der Waals surface area contributed by atoms with Crippen molar-refractivity contribution < 1.29 is 9.59 Å². The molecule has 0 heterocycles. The molecule has 0 saturated carbocycles. The molecule has 0 saturated heterocycles. The first-order valence-corrected chi connectivity index (χ1v) is 4.92. The number of rotatable bonds is 4. The Balaban J connectivity index is 3.05. The molecule has 1 unspecified atom stereocenters. The quantitative estimate of drug-likeness (QED) is 0.757. The van der Waals surface area contributed by atoms with Crippen LogP contribution in [0.2, 0.25) is 0 Å². The third-order valence-electron chi connectivity index (χ3n) is 2.27. The van der Waals surface area contributed by atoms with E-state index in [2.05, 4.69) is 0 Å². The molecule has 80 valence electrons. The maximum absolute atomic E-state index is 11.8. The molecule has 0 bridgehead atoms. The Bertz CT molecular complexity index is 357. The Kier molecular flexibility index (Phi) is 3.61. The van der Waals surface area contributed by atoms with E-state index < -0.39 is 11.8 Å². The minimum atomic E-state index is -0.814. The second kappa shape index (κ2) is 4.73. The molecule has 0 aliphatic carbocycles. The lowest BCUT2D eigenvalue weighted by atomic mass is 9.88. The van der Waals surface area contributed by atoms with Gasteiger partial charge in [0, 0.05) is 5.92 Å². The van der Waals surface area contributed by atoms with Gasteiger partial charge in [-0.3, -0.25) is 9.59 Å². The highest BCUT2D eigenvalue weighted by molar-refractivity contribution is 6.06. The predicted molar refractivity (Wildman–Crippen MR) is 58.2 cm³/mol. The summed E-state index contributed by atoms with van der Waals surface area (Å²) in [6.45, 7) is 3.53. The molecular formula is C12H15NO2. The van der Waals surface area contributed by atoms with Gasteiger partial charge in [0.05, 0.1) is 0 Å². The Morgan fingerprint density at radius 3 is 2.07 bits per heavy atom. The fourth-order valence-electron chi connectivity index (χ4n) is 1.45. The smallest absolute Gasteiger partial charge is 0.232 e. The fourth-order valence-corrected chi connectivity index (χ4v) is 1.45. The molecule has 0 aliphatic heterocycles. The largest absolute Gasteiger partial charge is 0.369 e. The number of Topliss-reactive ketones (excluding diaryl/α,β-unsaturated/α-hetero) is 1. The molecule has 0 radical (unpaired) electrons. The summed E-state index contributed by atoms with van der Waals surface area (Å²) in [5, 5.41) is 0. The first kappa shape index (κ1) is 11.4. The SMILES string of the molecule is CC(C)C(=O)C(C(N)=O)c1ccccc1. The number of primary amides is 1. The van der Waals surface area contributed by atoms with E-state index in [0.717, 1.165) is 0 Å². The average Bonchev–Trinajstić information content (AvgIpc) is 2.18. The van der Waals surface area contributed by atoms with Crippen molar-refractivity contribution in [3.8, 4) is 0 Å². The third-order valence-corrected chi connectivity index (χ3v) is 2.27. The van der Waals surface area contributed by atoms with Crippen LogP contribution in [0.25, 0.3) is 0 Å². The fraction of sp³-hybridized carbons (Fsp3) is 0.333. The van der Waals surface area contributed by atoms with Gasteiger partial charge < -0.3 is 5.73 Å². The molecule has 2 N–H and O–H groups in total. The van der Waals surface area contributed by atoms with Crippen molar-refractivity contribution in [2.24, 2.45) is 11.7 Å². The molecule has 0 aromatic heterocycles. The lowest BCUT2D eigenvalue weighted by Gasteiger charge is -2.14. The number of benzene rings is 1. The molecule has 1 atom stereocenters. The minimum absolute atomic E-state index is 0.131. The normalized spacial score (nSPS) is 12.5. The molecule has 1 amide bonds. The molecule has 3 nitrogen and oxygen atoms in total. The number of carbonyl (C=O) groups is 2. The first-order valence-electron chi connectivity index (χ1n) is 4.92. The molecule has 0 fully saturated rings. The summed E-state index contributed by atoms with van der Waals surface area (Å²) in [6, 6.07) is 8.91. The average molecular weight is 205 g/mol. The lowest BCUT2D eigenvalue weighted by molar-refractivity contribution is -0.130. The highest BCUT2D eigenvalue weighted by Gasteiger charge is 2.27. The summed E-state index contributed by atoms with van der Waals surface area (Å²) in [4.78, 5) is 23.0. The predicted octanol–water partition coefficient (Wildman–Crippen LogP) is 1.48. The molecule has 1 aromatic rings. The summed E-state index contributed by atoms with van der Waals surface area (Å²) in [5.74, 6) is -1.72. The van der Waals surface area contributed by atoms with E-state index in [4.69, 9.17) is 5.73 Å². The minimum Gasteiger partial charge on any atom is -0.369 e. The van der Waals surface area contributed by atoms with Crippen molar-refractivity contribution in [1.29, 1.82) is 0 Å². The molecule has 1 aromatic carbocycles. The van der Waals surface area contributed by atoms with Gasteiger partial charge in [0.1, 0.15) is 5.92 Å². The maximum Gasteiger partial charge on any atom is 0.232 e. The number of carbonyl (C=O) groups excluding carboxylic acids is 2. The second-order valence-corrected chi connectivity index (χ2v) is 3.80. The van der Waals surface area contributed by atoms with Gasteiger partial charge in [0.25, 0.3) is 0 Å². The summed E-state index contributed by atoms with van der Waals surface area (Å²) >= 11 is 0. The van der Waals surface area contributed by atoms with Crippen molar-refractivity contribution in [3.05, 3.63) is 35.9 Å². The standard InChI is InChI=1S/C12H15NO2/c1-8(2)11(14)10(12(13)15)9-6-4-3-5-7-9/h3-8,10H,1-2H3,(H2,13,15). The van der Waals surface area contributed by atoms with Gasteiger partial charge in [-0.1, -0.05) is 44.2 Å². The zero-order valence-electron chi connectivity index (χ0n) is 8.94. The summed E-state index contributed by atoms with van der Waals surface area (Å²) in [6.07, 6.45) is 0. The van der Waals surface area contributed by atoms with Gasteiger partial charge in [-0.2, -0.15) is 0 Å². The van der Waals surface area contributed by atoms with E-state index in [-0.39, 0.29) is 11.7 Å². The molecule has 0 aliphatic rings. The second-order valence-electron chi connectivity index (χ2n) is 3.80. The monoisotopic (exact) mass is 205 g/mol. The Morgan fingerprint density at radius 2 is 1.67 bits per heavy atom. The van der Waals surface area contributed by atoms with Gasteiger partial charge >= 0.3 is 0 Å². The summed E-state index contributed by atoms with van der Waals surface area (Å²) in [7, 11) is 0. The Hall–Kier alpha value is -1.64. The topological polar surface area (TPSA) is 60.2 Å². The van der Waals surface area contributed by atoms with Crippen LogP contribution in [-0.2, 0) is 9.59 Å². The van der Waals surface area contributed by atoms with Crippen molar-refractivity contribution >= 4 is 11.7 Å². The van der Waals surface area contributed by atoms with E-state index in [1.807, 2.05) is 6.07 Å². The van der Waals surface area contributed by atoms with E-state index in [1.54, 1.807) is 38.1 Å². The van der Waals surface area contributed by atoms with Crippen LogP contribution in [0.15, 0.2) is 30.3 Å². The van der Waals surface area contributed by atoms with Crippen molar-refractivity contribution in [3.63, 3.8) is 0 Å². The Morgan fingerprint density at radius 1 is 1.13 bits per heavy atom. The summed E-state index contributed by atoms with van der Waals surface area (Å²) in [5.41, 5.74) is 5.92. The Labute approximate surface area is 89.3 Å². The van der Waals surface area contributed by atoms with Gasteiger partial charge in [0.2, 0.25) is 5.91 Å². The van der Waals surface area contributed by atoms with Crippen LogP contribution in [0, 0.1) is 5.92 Å². The van der Waals surface area contributed by atoms with Gasteiger partial charge in [-0.05, 0) is 5.56 Å². The zero-order valence-corrected chi connectivity index (χ0v) is 8.94. The number of hydrogen-bond donors (Lipinski definition) is 1. The highest BCUT2D eigenvalue weighted by atomic mass is 16.2. The van der Waals surface area contributed by atoms with Crippen molar-refractivity contribution in [2.75, 3.05) is 0 Å². The van der Waals surface area contributed by atoms with Gasteiger partial charge in [-0.15, -0.1) is 0 Å². The highest BCUT2D eigenvalue weighted by Crippen LogP contribution is 2.19. The molecular weight excluding hydrogens is 190 g/mol. The van der Waals surface area contributed by atoms with Crippen molar-refractivity contribution in [1.82, 2.24) is 0 Å². The van der Waals surface area contributed by atoms with Gasteiger partial charge in [0.15, 0.2) is 5.78 Å². The maximum atomic E-state index is 11.8. The number of amides is 1. The summed E-state index contributed by atoms with van der Waals surface area (Å²) < 4.78 is 0. The number of hydrogen-bond acceptors (Lipinski definition) is 2. The van der Waals surface area contributed by atoms with Crippen molar-refractivity contribution in [2.45, 2.75) is 19.8 Å². The van der Waals surface area contributed by atoms with Crippen LogP contribution in [0.5, 0.6) is 0 Å². The van der Waals surface area contributed by atoms with E-state index in [0.29, 0.717) is 5.56 Å². The van der Waals surface area contributed by atoms with E-state index >= 15 is 0 Å². The van der Waals surface area contributed by atoms with Crippen LogP contribution in [-0.4, -0.2) is 11.7 Å². The van der Waals surface area contributed by atoms with E-state index in [1.165, 1.54) is 0 Å². The molecule has 15 heavy (non-hydrogen) atoms. The zero-order chi connectivity index (χ0) is 11.4.